The van der Waals surface area contributed by atoms with Gasteiger partial charge in [0.25, 0.3) is 0 Å². The van der Waals surface area contributed by atoms with Crippen LogP contribution in [0.3, 0.4) is 0 Å². The van der Waals surface area contributed by atoms with Crippen molar-refractivity contribution in [3.8, 4) is 0 Å². The summed E-state index contributed by atoms with van der Waals surface area (Å²) in [5.41, 5.74) is 0.459. The highest BCUT2D eigenvalue weighted by Gasteiger charge is 2.28. The third-order valence-electron chi connectivity index (χ3n) is 3.73. The van der Waals surface area contributed by atoms with Crippen LogP contribution in [0.1, 0.15) is 37.5 Å². The van der Waals surface area contributed by atoms with Gasteiger partial charge in [-0.25, -0.2) is 0 Å². The summed E-state index contributed by atoms with van der Waals surface area (Å²) in [4.78, 5) is 5.62. The van der Waals surface area contributed by atoms with Crippen molar-refractivity contribution in [3.05, 3.63) is 22.4 Å². The molecule has 1 aromatic heterocycles. The summed E-state index contributed by atoms with van der Waals surface area (Å²) in [5.74, 6) is 0.913. The van der Waals surface area contributed by atoms with Crippen LogP contribution in [0.4, 0.5) is 0 Å². The van der Waals surface area contributed by atoms with E-state index in [9.17, 15) is 0 Å². The van der Waals surface area contributed by atoms with Crippen LogP contribution >= 0.6 is 35.3 Å². The molecule has 0 amide bonds. The Morgan fingerprint density at radius 2 is 2.11 bits per heavy atom. The summed E-state index contributed by atoms with van der Waals surface area (Å²) in [5, 5.41) is 8.92. The molecule has 1 aliphatic carbocycles. The summed E-state index contributed by atoms with van der Waals surface area (Å²) >= 11 is 1.77. The molecule has 0 radical (unpaired) electrons. The van der Waals surface area contributed by atoms with Crippen molar-refractivity contribution in [1.29, 1.82) is 0 Å². The van der Waals surface area contributed by atoms with Crippen molar-refractivity contribution >= 4 is 41.3 Å². The molecule has 2 N–H and O–H groups in total. The molecule has 0 unspecified atom stereocenters. The summed E-state index contributed by atoms with van der Waals surface area (Å²) in [7, 11) is 1.83. The molecule has 0 atom stereocenters. The first-order valence-electron chi connectivity index (χ1n) is 6.69. The molecule has 1 heterocycles. The van der Waals surface area contributed by atoms with Gasteiger partial charge in [-0.05, 0) is 29.7 Å². The number of hydrogen-bond donors (Lipinski definition) is 2. The number of nitrogens with one attached hydrogen (secondary N) is 2. The van der Waals surface area contributed by atoms with Crippen LogP contribution in [0.15, 0.2) is 22.5 Å². The number of halogens is 1. The lowest BCUT2D eigenvalue weighted by atomic mass is 9.89. The molecule has 0 bridgehead atoms. The van der Waals surface area contributed by atoms with Gasteiger partial charge in [0.2, 0.25) is 0 Å². The predicted octanol–water partition coefficient (Wildman–Crippen LogP) is 3.61. The molecular formula is C14H24IN3S. The van der Waals surface area contributed by atoms with Gasteiger partial charge in [0.15, 0.2) is 5.96 Å². The monoisotopic (exact) mass is 393 g/mol. The fourth-order valence-electron chi connectivity index (χ4n) is 2.51. The molecule has 0 aliphatic heterocycles. The highest BCUT2D eigenvalue weighted by molar-refractivity contribution is 14.0. The summed E-state index contributed by atoms with van der Waals surface area (Å²) in [6.45, 7) is 4.25. The van der Waals surface area contributed by atoms with Crippen LogP contribution in [0, 0.1) is 5.41 Å². The highest BCUT2D eigenvalue weighted by Crippen LogP contribution is 2.36. The smallest absolute Gasteiger partial charge is 0.191 e. The zero-order chi connectivity index (χ0) is 12.8. The lowest BCUT2D eigenvalue weighted by Crippen LogP contribution is -2.41. The van der Waals surface area contributed by atoms with Crippen LogP contribution < -0.4 is 10.6 Å². The number of aliphatic imine (C=N–C) groups is 1. The fraction of sp³-hybridized carbons (Fsp3) is 0.643. The van der Waals surface area contributed by atoms with Crippen LogP contribution in [-0.2, 0) is 6.54 Å². The topological polar surface area (TPSA) is 36.4 Å². The molecular weight excluding hydrogens is 369 g/mol. The molecule has 0 saturated heterocycles. The number of rotatable bonds is 4. The average molecular weight is 393 g/mol. The molecule has 1 fully saturated rings. The van der Waals surface area contributed by atoms with Gasteiger partial charge in [0.05, 0.1) is 6.54 Å². The standard InChI is InChI=1S/C14H23N3S.HI/c1-14(7-3-4-8-14)11-17-13(15-2)16-10-12-6-5-9-18-12;/h5-6,9H,3-4,7-8,10-11H2,1-2H3,(H2,15,16,17);1H. The minimum Gasteiger partial charge on any atom is -0.356 e. The van der Waals surface area contributed by atoms with Gasteiger partial charge in [-0.2, -0.15) is 0 Å². The van der Waals surface area contributed by atoms with E-state index in [1.54, 1.807) is 11.3 Å². The Hall–Kier alpha value is -0.300. The first kappa shape index (κ1) is 16.8. The zero-order valence-corrected chi connectivity index (χ0v) is 14.9. The van der Waals surface area contributed by atoms with Gasteiger partial charge in [-0.15, -0.1) is 35.3 Å². The van der Waals surface area contributed by atoms with E-state index in [-0.39, 0.29) is 24.0 Å². The maximum absolute atomic E-state index is 4.28. The van der Waals surface area contributed by atoms with E-state index in [1.807, 2.05) is 7.05 Å². The zero-order valence-electron chi connectivity index (χ0n) is 11.7. The molecule has 1 aliphatic rings. The van der Waals surface area contributed by atoms with Crippen LogP contribution in [0.5, 0.6) is 0 Å². The Morgan fingerprint density at radius 1 is 1.37 bits per heavy atom. The maximum Gasteiger partial charge on any atom is 0.191 e. The van der Waals surface area contributed by atoms with Crippen LogP contribution in [0.25, 0.3) is 0 Å². The van der Waals surface area contributed by atoms with Crippen LogP contribution in [-0.4, -0.2) is 19.6 Å². The highest BCUT2D eigenvalue weighted by atomic mass is 127. The second-order valence-electron chi connectivity index (χ2n) is 5.38. The van der Waals surface area contributed by atoms with E-state index in [0.717, 1.165) is 19.0 Å². The first-order chi connectivity index (χ1) is 8.72. The predicted molar refractivity (Wildman–Crippen MR) is 94.5 cm³/mol. The average Bonchev–Trinajstić information content (AvgIpc) is 3.01. The van der Waals surface area contributed by atoms with Crippen molar-refractivity contribution in [2.45, 2.75) is 39.2 Å². The van der Waals surface area contributed by atoms with Gasteiger partial charge in [0, 0.05) is 18.5 Å². The molecule has 3 nitrogen and oxygen atoms in total. The van der Waals surface area contributed by atoms with E-state index in [4.69, 9.17) is 0 Å². The quantitative estimate of drug-likeness (QED) is 0.466. The van der Waals surface area contributed by atoms with Gasteiger partial charge in [0.1, 0.15) is 0 Å². The van der Waals surface area contributed by atoms with Gasteiger partial charge >= 0.3 is 0 Å². The van der Waals surface area contributed by atoms with Gasteiger partial charge in [-0.1, -0.05) is 25.8 Å². The summed E-state index contributed by atoms with van der Waals surface area (Å²) < 4.78 is 0. The molecule has 1 aromatic rings. The molecule has 108 valence electrons. The third-order valence-corrected chi connectivity index (χ3v) is 4.60. The molecule has 19 heavy (non-hydrogen) atoms. The lowest BCUT2D eigenvalue weighted by molar-refractivity contribution is 0.334. The molecule has 5 heteroatoms. The van der Waals surface area contributed by atoms with Crippen molar-refractivity contribution in [2.24, 2.45) is 10.4 Å². The van der Waals surface area contributed by atoms with Crippen molar-refractivity contribution in [1.82, 2.24) is 10.6 Å². The first-order valence-corrected chi connectivity index (χ1v) is 7.57. The van der Waals surface area contributed by atoms with Crippen LogP contribution in [0.2, 0.25) is 0 Å². The molecule has 1 saturated carbocycles. The lowest BCUT2D eigenvalue weighted by Gasteiger charge is -2.25. The molecule has 0 aromatic carbocycles. The number of nitrogens with zero attached hydrogens (tertiary/aromatic N) is 1. The Bertz CT molecular complexity index is 383. The second-order valence-corrected chi connectivity index (χ2v) is 6.41. The molecule has 0 spiro atoms. The summed E-state index contributed by atoms with van der Waals surface area (Å²) in [6.07, 6.45) is 5.42. The number of hydrogen-bond acceptors (Lipinski definition) is 2. The van der Waals surface area contributed by atoms with E-state index in [1.165, 1.54) is 30.6 Å². The Morgan fingerprint density at radius 3 is 2.68 bits per heavy atom. The van der Waals surface area contributed by atoms with E-state index in [0.29, 0.717) is 5.41 Å². The fourth-order valence-corrected chi connectivity index (χ4v) is 3.15. The number of guanidine groups is 1. The number of thiophene rings is 1. The third kappa shape index (κ3) is 5.30. The van der Waals surface area contributed by atoms with E-state index < -0.39 is 0 Å². The van der Waals surface area contributed by atoms with Crippen molar-refractivity contribution < 1.29 is 0 Å². The Balaban J connectivity index is 0.00000180. The van der Waals surface area contributed by atoms with Gasteiger partial charge in [-0.3, -0.25) is 4.99 Å². The Kier molecular flexibility index (Phi) is 7.13. The van der Waals surface area contributed by atoms with Gasteiger partial charge < -0.3 is 10.6 Å². The SMILES string of the molecule is CN=C(NCc1cccs1)NCC1(C)CCCC1.I. The van der Waals surface area contributed by atoms with Crippen molar-refractivity contribution in [2.75, 3.05) is 13.6 Å². The summed E-state index contributed by atoms with van der Waals surface area (Å²) in [6, 6.07) is 4.22. The minimum absolute atomic E-state index is 0. The maximum atomic E-state index is 4.28. The normalized spacial score (nSPS) is 17.9. The second kappa shape index (κ2) is 8.09. The largest absolute Gasteiger partial charge is 0.356 e. The van der Waals surface area contributed by atoms with E-state index >= 15 is 0 Å². The van der Waals surface area contributed by atoms with Crippen molar-refractivity contribution in [3.63, 3.8) is 0 Å². The Labute approximate surface area is 137 Å². The molecule has 2 rings (SSSR count). The van der Waals surface area contributed by atoms with E-state index in [2.05, 4.69) is 40.1 Å². The minimum atomic E-state index is 0.